The SMILES string of the molecule is Cc1cc(C)cc(N=c2scc(C(=O)NC(c3ccccc3)c3ccccc3)n2CCCCCN)c1. The molecular formula is C30H34N4OS. The molecule has 3 aromatic carbocycles. The van der Waals surface area contributed by atoms with E-state index in [0.717, 1.165) is 47.4 Å². The van der Waals surface area contributed by atoms with Crippen LogP contribution < -0.4 is 15.9 Å². The molecule has 0 aliphatic rings. The minimum Gasteiger partial charge on any atom is -0.340 e. The van der Waals surface area contributed by atoms with Crippen molar-refractivity contribution < 1.29 is 4.79 Å². The van der Waals surface area contributed by atoms with Gasteiger partial charge in [-0.1, -0.05) is 73.2 Å². The molecule has 0 aliphatic carbocycles. The number of amides is 1. The Bertz CT molecular complexity index is 1280. The summed E-state index contributed by atoms with van der Waals surface area (Å²) in [5.74, 6) is -0.107. The number of nitrogens with zero attached hydrogens (tertiary/aromatic N) is 2. The second-order valence-electron chi connectivity index (χ2n) is 9.09. The van der Waals surface area contributed by atoms with E-state index >= 15 is 0 Å². The van der Waals surface area contributed by atoms with Crippen molar-refractivity contribution in [2.45, 2.75) is 45.7 Å². The summed E-state index contributed by atoms with van der Waals surface area (Å²) >= 11 is 1.50. The molecule has 0 aliphatic heterocycles. The van der Waals surface area contributed by atoms with Crippen molar-refractivity contribution in [1.82, 2.24) is 9.88 Å². The van der Waals surface area contributed by atoms with Crippen molar-refractivity contribution in [2.75, 3.05) is 6.54 Å². The third kappa shape index (κ3) is 6.59. The van der Waals surface area contributed by atoms with Gasteiger partial charge in [-0.2, -0.15) is 0 Å². The lowest BCUT2D eigenvalue weighted by atomic mass is 9.98. The Kier molecular flexibility index (Phi) is 8.87. The molecule has 0 fully saturated rings. The number of benzene rings is 3. The second kappa shape index (κ2) is 12.5. The Hall–Kier alpha value is -3.48. The Morgan fingerprint density at radius 1 is 0.917 bits per heavy atom. The summed E-state index contributed by atoms with van der Waals surface area (Å²) in [5.41, 5.74) is 11.7. The molecule has 0 unspecified atom stereocenters. The summed E-state index contributed by atoms with van der Waals surface area (Å²) in [7, 11) is 0. The van der Waals surface area contributed by atoms with Gasteiger partial charge < -0.3 is 15.6 Å². The topological polar surface area (TPSA) is 72.4 Å². The van der Waals surface area contributed by atoms with E-state index in [0.29, 0.717) is 12.2 Å². The number of aryl methyl sites for hydroxylation is 2. The molecular weight excluding hydrogens is 464 g/mol. The van der Waals surface area contributed by atoms with E-state index in [4.69, 9.17) is 10.7 Å². The van der Waals surface area contributed by atoms with Gasteiger partial charge in [-0.25, -0.2) is 4.99 Å². The average Bonchev–Trinajstić information content (AvgIpc) is 3.27. The third-order valence-corrected chi connectivity index (χ3v) is 6.95. The zero-order valence-electron chi connectivity index (χ0n) is 21.0. The molecule has 1 heterocycles. The van der Waals surface area contributed by atoms with Crippen molar-refractivity contribution in [3.8, 4) is 0 Å². The molecule has 0 atom stereocenters. The average molecular weight is 499 g/mol. The highest BCUT2D eigenvalue weighted by Gasteiger charge is 2.20. The van der Waals surface area contributed by atoms with E-state index < -0.39 is 0 Å². The number of hydrogen-bond donors (Lipinski definition) is 2. The highest BCUT2D eigenvalue weighted by Crippen LogP contribution is 2.23. The van der Waals surface area contributed by atoms with Gasteiger partial charge in [-0.15, -0.1) is 11.3 Å². The van der Waals surface area contributed by atoms with Crippen LogP contribution in [0.4, 0.5) is 5.69 Å². The zero-order chi connectivity index (χ0) is 25.3. The van der Waals surface area contributed by atoms with Crippen LogP contribution in [0, 0.1) is 13.8 Å². The standard InChI is InChI=1S/C30H34N4OS/c1-22-18-23(2)20-26(19-22)32-30-34(17-11-5-10-16-31)27(21-36-30)29(35)33-28(24-12-6-3-7-13-24)25-14-8-4-9-15-25/h3-4,6-9,12-15,18-21,28H,5,10-11,16-17,31H2,1-2H3,(H,33,35). The lowest BCUT2D eigenvalue weighted by Gasteiger charge is -2.20. The molecule has 186 valence electrons. The molecule has 0 saturated heterocycles. The van der Waals surface area contributed by atoms with Crippen molar-refractivity contribution in [3.05, 3.63) is 117 Å². The number of thiazole rings is 1. The molecule has 0 spiro atoms. The Labute approximate surface area is 217 Å². The van der Waals surface area contributed by atoms with Crippen molar-refractivity contribution in [3.63, 3.8) is 0 Å². The van der Waals surface area contributed by atoms with Crippen LogP contribution in [0.1, 0.15) is 58.0 Å². The van der Waals surface area contributed by atoms with Crippen LogP contribution in [0.5, 0.6) is 0 Å². The fraction of sp³-hybridized carbons (Fsp3) is 0.267. The van der Waals surface area contributed by atoms with E-state index in [1.54, 1.807) is 0 Å². The highest BCUT2D eigenvalue weighted by atomic mass is 32.1. The van der Waals surface area contributed by atoms with E-state index in [2.05, 4.69) is 41.9 Å². The molecule has 6 heteroatoms. The maximum absolute atomic E-state index is 13.7. The molecule has 5 nitrogen and oxygen atoms in total. The maximum atomic E-state index is 13.7. The second-order valence-corrected chi connectivity index (χ2v) is 9.93. The number of carbonyl (C=O) groups excluding carboxylic acids is 1. The number of carbonyl (C=O) groups is 1. The van der Waals surface area contributed by atoms with Crippen LogP contribution in [0.15, 0.2) is 89.2 Å². The van der Waals surface area contributed by atoms with Crippen LogP contribution in [0.2, 0.25) is 0 Å². The fourth-order valence-corrected chi connectivity index (χ4v) is 5.32. The van der Waals surface area contributed by atoms with E-state index in [9.17, 15) is 4.79 Å². The molecule has 3 N–H and O–H groups in total. The van der Waals surface area contributed by atoms with Gasteiger partial charge in [0, 0.05) is 11.9 Å². The number of unbranched alkanes of at least 4 members (excludes halogenated alkanes) is 2. The monoisotopic (exact) mass is 498 g/mol. The summed E-state index contributed by atoms with van der Waals surface area (Å²) in [6.45, 7) is 5.55. The van der Waals surface area contributed by atoms with Gasteiger partial charge >= 0.3 is 0 Å². The molecule has 4 rings (SSSR count). The Morgan fingerprint density at radius 3 is 2.11 bits per heavy atom. The highest BCUT2D eigenvalue weighted by molar-refractivity contribution is 7.07. The first kappa shape index (κ1) is 25.6. The first-order valence-corrected chi connectivity index (χ1v) is 13.4. The minimum absolute atomic E-state index is 0.107. The van der Waals surface area contributed by atoms with Gasteiger partial charge in [0.05, 0.1) is 11.7 Å². The van der Waals surface area contributed by atoms with E-state index in [1.165, 1.54) is 22.5 Å². The summed E-state index contributed by atoms with van der Waals surface area (Å²) in [4.78, 5) is 19.5. The largest absolute Gasteiger partial charge is 0.340 e. The fourth-order valence-electron chi connectivity index (χ4n) is 4.39. The zero-order valence-corrected chi connectivity index (χ0v) is 21.8. The van der Waals surface area contributed by atoms with Gasteiger partial charge in [-0.05, 0) is 67.6 Å². The summed E-state index contributed by atoms with van der Waals surface area (Å²) in [6.07, 6.45) is 2.93. The maximum Gasteiger partial charge on any atom is 0.269 e. The Morgan fingerprint density at radius 2 is 1.53 bits per heavy atom. The number of aromatic nitrogens is 1. The lowest BCUT2D eigenvalue weighted by Crippen LogP contribution is -2.32. The van der Waals surface area contributed by atoms with Gasteiger partial charge in [0.15, 0.2) is 4.80 Å². The molecule has 0 radical (unpaired) electrons. The van der Waals surface area contributed by atoms with Crippen molar-refractivity contribution in [2.24, 2.45) is 10.7 Å². The van der Waals surface area contributed by atoms with Crippen LogP contribution >= 0.6 is 11.3 Å². The van der Waals surface area contributed by atoms with Crippen LogP contribution in [-0.4, -0.2) is 17.0 Å². The van der Waals surface area contributed by atoms with Gasteiger partial charge in [0.25, 0.3) is 5.91 Å². The van der Waals surface area contributed by atoms with Crippen LogP contribution in [0.25, 0.3) is 0 Å². The first-order chi connectivity index (χ1) is 17.5. The summed E-state index contributed by atoms with van der Waals surface area (Å²) in [5, 5.41) is 5.21. The molecule has 1 aromatic heterocycles. The summed E-state index contributed by atoms with van der Waals surface area (Å²) in [6, 6.07) is 26.2. The van der Waals surface area contributed by atoms with E-state index in [1.807, 2.05) is 66.0 Å². The number of hydrogen-bond acceptors (Lipinski definition) is 4. The Balaban J connectivity index is 1.69. The number of nitrogens with two attached hydrogens (primary N) is 1. The molecule has 1 amide bonds. The lowest BCUT2D eigenvalue weighted by molar-refractivity contribution is 0.0933. The van der Waals surface area contributed by atoms with Gasteiger partial charge in [-0.3, -0.25) is 4.79 Å². The predicted molar refractivity (Wildman–Crippen MR) is 149 cm³/mol. The quantitative estimate of drug-likeness (QED) is 0.261. The minimum atomic E-state index is -0.245. The van der Waals surface area contributed by atoms with Gasteiger partial charge in [0.2, 0.25) is 0 Å². The predicted octanol–water partition coefficient (Wildman–Crippen LogP) is 6.05. The van der Waals surface area contributed by atoms with Crippen LogP contribution in [0.3, 0.4) is 0 Å². The molecule has 36 heavy (non-hydrogen) atoms. The van der Waals surface area contributed by atoms with Crippen molar-refractivity contribution in [1.29, 1.82) is 0 Å². The molecule has 0 saturated carbocycles. The third-order valence-electron chi connectivity index (χ3n) is 6.09. The smallest absolute Gasteiger partial charge is 0.269 e. The van der Waals surface area contributed by atoms with E-state index in [-0.39, 0.29) is 11.9 Å². The van der Waals surface area contributed by atoms with Crippen molar-refractivity contribution >= 4 is 22.9 Å². The normalized spacial score (nSPS) is 11.7. The molecule has 0 bridgehead atoms. The van der Waals surface area contributed by atoms with Gasteiger partial charge in [0.1, 0.15) is 5.69 Å². The molecule has 4 aromatic rings. The first-order valence-electron chi connectivity index (χ1n) is 12.5. The number of nitrogens with one attached hydrogen (secondary N) is 1. The number of rotatable bonds is 10. The van der Waals surface area contributed by atoms with Crippen LogP contribution in [-0.2, 0) is 6.54 Å². The summed E-state index contributed by atoms with van der Waals surface area (Å²) < 4.78 is 2.06.